The lowest BCUT2D eigenvalue weighted by molar-refractivity contribution is -0.119. The molecule has 1 N–H and O–H groups in total. The van der Waals surface area contributed by atoms with Gasteiger partial charge in [0.15, 0.2) is 12.1 Å². The fraction of sp³-hybridized carbons (Fsp3) is 0.750. The van der Waals surface area contributed by atoms with Crippen LogP contribution in [-0.4, -0.2) is 43.5 Å². The summed E-state index contributed by atoms with van der Waals surface area (Å²) in [5.74, 6) is -0.107. The fourth-order valence-corrected chi connectivity index (χ4v) is 2.76. The van der Waals surface area contributed by atoms with Gasteiger partial charge in [0.1, 0.15) is 6.10 Å². The van der Waals surface area contributed by atoms with Crippen molar-refractivity contribution in [3.63, 3.8) is 0 Å². The maximum Gasteiger partial charge on any atom is 0.408 e. The molecule has 2 rings (SSSR count). The largest absolute Gasteiger partial charge is 0.443 e. The molecule has 4 atom stereocenters. The summed E-state index contributed by atoms with van der Waals surface area (Å²) >= 11 is 0. The molecule has 0 bridgehead atoms. The van der Waals surface area contributed by atoms with E-state index >= 15 is 0 Å². The Balaban J connectivity index is 1.96. The molecule has 6 heteroatoms. The van der Waals surface area contributed by atoms with Gasteiger partial charge in [-0.3, -0.25) is 4.79 Å². The number of carbonyl (C=O) groups excluding carboxylic acids is 2. The summed E-state index contributed by atoms with van der Waals surface area (Å²) in [6, 6.07) is -0.671. The number of carbonyl (C=O) groups is 2. The predicted molar refractivity (Wildman–Crippen MR) is 80.3 cm³/mol. The number of ether oxygens (including phenoxy) is 3. The third kappa shape index (κ3) is 3.67. The van der Waals surface area contributed by atoms with Gasteiger partial charge in [-0.25, -0.2) is 4.79 Å². The van der Waals surface area contributed by atoms with Crippen LogP contribution in [0.1, 0.15) is 34.1 Å². The van der Waals surface area contributed by atoms with Gasteiger partial charge in [0, 0.05) is 0 Å². The molecule has 0 aromatic carbocycles. The zero-order chi connectivity index (χ0) is 16.5. The van der Waals surface area contributed by atoms with Crippen LogP contribution in [0.3, 0.4) is 0 Å². The molecule has 1 amide bonds. The first-order valence-corrected chi connectivity index (χ1v) is 7.60. The quantitative estimate of drug-likeness (QED) is 0.804. The van der Waals surface area contributed by atoms with Crippen molar-refractivity contribution >= 4 is 11.9 Å². The van der Waals surface area contributed by atoms with Gasteiger partial charge in [0.25, 0.3) is 0 Å². The minimum absolute atomic E-state index is 0.0793. The molecule has 2 heterocycles. The SMILES string of the molecule is C=C(C)C(=O)C(NC(=O)OC1COC2OCCC12)C(C)(C)C. The van der Waals surface area contributed by atoms with Crippen molar-refractivity contribution in [2.75, 3.05) is 13.2 Å². The van der Waals surface area contributed by atoms with Crippen LogP contribution in [-0.2, 0) is 19.0 Å². The molecule has 2 fully saturated rings. The number of rotatable bonds is 4. The van der Waals surface area contributed by atoms with Gasteiger partial charge in [-0.1, -0.05) is 27.4 Å². The number of hydrogen-bond donors (Lipinski definition) is 1. The van der Waals surface area contributed by atoms with Crippen molar-refractivity contribution in [1.29, 1.82) is 0 Å². The van der Waals surface area contributed by atoms with E-state index in [1.807, 2.05) is 20.8 Å². The van der Waals surface area contributed by atoms with E-state index in [0.29, 0.717) is 18.8 Å². The molecule has 4 unspecified atom stereocenters. The van der Waals surface area contributed by atoms with Crippen LogP contribution < -0.4 is 5.32 Å². The van der Waals surface area contributed by atoms with Crippen LogP contribution in [0.15, 0.2) is 12.2 Å². The lowest BCUT2D eigenvalue weighted by Gasteiger charge is -2.30. The standard InChI is InChI=1S/C16H25NO5/c1-9(2)12(18)13(16(3,4)5)17-15(19)22-11-8-21-14-10(11)6-7-20-14/h10-11,13-14H,1,6-8H2,2-5H3,(H,17,19). The predicted octanol–water partition coefficient (Wildman–Crippen LogP) is 2.03. The average Bonchev–Trinajstić information content (AvgIpc) is 2.98. The molecule has 22 heavy (non-hydrogen) atoms. The second-order valence-electron chi connectivity index (χ2n) is 7.06. The molecule has 6 nitrogen and oxygen atoms in total. The molecular weight excluding hydrogens is 286 g/mol. The van der Waals surface area contributed by atoms with E-state index in [4.69, 9.17) is 14.2 Å². The molecule has 2 aliphatic rings. The number of hydrogen-bond acceptors (Lipinski definition) is 5. The van der Waals surface area contributed by atoms with E-state index in [9.17, 15) is 9.59 Å². The number of nitrogens with one attached hydrogen (secondary N) is 1. The summed E-state index contributed by atoms with van der Waals surface area (Å²) in [7, 11) is 0. The van der Waals surface area contributed by atoms with Crippen LogP contribution in [0.2, 0.25) is 0 Å². The smallest absolute Gasteiger partial charge is 0.408 e. The highest BCUT2D eigenvalue weighted by atomic mass is 16.7. The summed E-state index contributed by atoms with van der Waals surface area (Å²) in [6.07, 6.45) is -0.382. The molecule has 0 aromatic rings. The van der Waals surface area contributed by atoms with Crippen molar-refractivity contribution in [2.45, 2.75) is 52.6 Å². The summed E-state index contributed by atoms with van der Waals surface area (Å²) in [4.78, 5) is 24.4. The highest BCUT2D eigenvalue weighted by Crippen LogP contribution is 2.33. The van der Waals surface area contributed by atoms with Gasteiger partial charge in [-0.2, -0.15) is 0 Å². The Morgan fingerprint density at radius 3 is 2.59 bits per heavy atom. The van der Waals surface area contributed by atoms with Crippen molar-refractivity contribution in [2.24, 2.45) is 11.3 Å². The summed E-state index contributed by atoms with van der Waals surface area (Å²) in [6.45, 7) is 11.9. The van der Waals surface area contributed by atoms with Crippen molar-refractivity contribution in [1.82, 2.24) is 5.32 Å². The van der Waals surface area contributed by atoms with Gasteiger partial charge >= 0.3 is 6.09 Å². The average molecular weight is 311 g/mol. The van der Waals surface area contributed by atoms with Gasteiger partial charge in [0.2, 0.25) is 0 Å². The van der Waals surface area contributed by atoms with Gasteiger partial charge in [-0.05, 0) is 24.3 Å². The van der Waals surface area contributed by atoms with E-state index < -0.39 is 17.6 Å². The van der Waals surface area contributed by atoms with E-state index in [1.54, 1.807) is 6.92 Å². The molecule has 0 spiro atoms. The first-order chi connectivity index (χ1) is 10.2. The Morgan fingerprint density at radius 2 is 2.00 bits per heavy atom. The maximum absolute atomic E-state index is 12.2. The Morgan fingerprint density at radius 1 is 1.32 bits per heavy atom. The summed E-state index contributed by atoms with van der Waals surface area (Å²) < 4.78 is 16.3. The van der Waals surface area contributed by atoms with Crippen molar-refractivity contribution < 1.29 is 23.8 Å². The number of alkyl carbamates (subject to hydrolysis) is 1. The Labute approximate surface area is 131 Å². The Bertz CT molecular complexity index is 468. The van der Waals surface area contributed by atoms with Crippen LogP contribution in [0, 0.1) is 11.3 Å². The van der Waals surface area contributed by atoms with Crippen LogP contribution in [0.5, 0.6) is 0 Å². The summed E-state index contributed by atoms with van der Waals surface area (Å²) in [5, 5.41) is 2.68. The topological polar surface area (TPSA) is 73.9 Å². The van der Waals surface area contributed by atoms with Crippen LogP contribution in [0.4, 0.5) is 4.79 Å². The molecule has 0 aromatic heterocycles. The lowest BCUT2D eigenvalue weighted by atomic mass is 9.82. The lowest BCUT2D eigenvalue weighted by Crippen LogP contribution is -2.50. The molecule has 2 aliphatic heterocycles. The second kappa shape index (κ2) is 6.38. The minimum atomic E-state index is -0.671. The van der Waals surface area contributed by atoms with E-state index in [1.165, 1.54) is 0 Å². The fourth-order valence-electron chi connectivity index (χ4n) is 2.76. The molecule has 0 saturated carbocycles. The number of ketones is 1. The maximum atomic E-state index is 12.2. The Hall–Kier alpha value is -1.40. The number of Topliss-reactive ketones (excluding diaryl/α,β-unsaturated/α-hetero) is 1. The van der Waals surface area contributed by atoms with E-state index in [0.717, 1.165) is 6.42 Å². The Kier molecular flexibility index (Phi) is 4.92. The highest BCUT2D eigenvalue weighted by molar-refractivity contribution is 6.00. The highest BCUT2D eigenvalue weighted by Gasteiger charge is 2.44. The third-order valence-corrected chi connectivity index (χ3v) is 4.05. The molecular formula is C16H25NO5. The first-order valence-electron chi connectivity index (χ1n) is 7.60. The molecule has 2 saturated heterocycles. The van der Waals surface area contributed by atoms with Crippen molar-refractivity contribution in [3.8, 4) is 0 Å². The molecule has 0 radical (unpaired) electrons. The van der Waals surface area contributed by atoms with Gasteiger partial charge < -0.3 is 19.5 Å². The van der Waals surface area contributed by atoms with Crippen LogP contribution >= 0.6 is 0 Å². The monoisotopic (exact) mass is 311 g/mol. The molecule has 124 valence electrons. The minimum Gasteiger partial charge on any atom is -0.443 e. The van der Waals surface area contributed by atoms with Gasteiger partial charge in [0.05, 0.1) is 25.2 Å². The van der Waals surface area contributed by atoms with Gasteiger partial charge in [-0.15, -0.1) is 0 Å². The third-order valence-electron chi connectivity index (χ3n) is 4.05. The molecule has 0 aliphatic carbocycles. The normalized spacial score (nSPS) is 28.8. The van der Waals surface area contributed by atoms with Crippen LogP contribution in [0.25, 0.3) is 0 Å². The first kappa shape index (κ1) is 17.0. The second-order valence-corrected chi connectivity index (χ2v) is 7.06. The summed E-state index contributed by atoms with van der Waals surface area (Å²) in [5.41, 5.74) is -0.0195. The number of fused-ring (bicyclic) bond motifs is 1. The van der Waals surface area contributed by atoms with E-state index in [-0.39, 0.29) is 24.1 Å². The number of amides is 1. The van der Waals surface area contributed by atoms with Crippen molar-refractivity contribution in [3.05, 3.63) is 12.2 Å². The zero-order valence-corrected chi connectivity index (χ0v) is 13.7. The van der Waals surface area contributed by atoms with E-state index in [2.05, 4.69) is 11.9 Å². The zero-order valence-electron chi connectivity index (χ0n) is 13.7.